The molecule has 3 aromatic rings. The van der Waals surface area contributed by atoms with Gasteiger partial charge in [0.1, 0.15) is 0 Å². The van der Waals surface area contributed by atoms with Crippen LogP contribution in [0, 0.1) is 0 Å². The van der Waals surface area contributed by atoms with E-state index in [4.69, 9.17) is 17.3 Å². The van der Waals surface area contributed by atoms with Crippen molar-refractivity contribution in [3.05, 3.63) is 94.0 Å². The van der Waals surface area contributed by atoms with Crippen molar-refractivity contribution < 1.29 is 18.0 Å². The number of anilines is 1. The van der Waals surface area contributed by atoms with Crippen LogP contribution in [0.3, 0.4) is 0 Å². The van der Waals surface area contributed by atoms with Gasteiger partial charge in [0.15, 0.2) is 0 Å². The topological polar surface area (TPSA) is 110 Å². The van der Waals surface area contributed by atoms with Crippen LogP contribution in [0.4, 0.5) is 5.69 Å². The van der Waals surface area contributed by atoms with E-state index in [1.807, 2.05) is 24.3 Å². The Kier molecular flexibility index (Phi) is 6.01. The molecule has 9 heteroatoms. The second kappa shape index (κ2) is 8.74. The van der Waals surface area contributed by atoms with Crippen LogP contribution in [0.5, 0.6) is 0 Å². The van der Waals surface area contributed by atoms with Crippen molar-refractivity contribution in [1.29, 1.82) is 0 Å². The molecule has 2 amide bonds. The van der Waals surface area contributed by atoms with Crippen LogP contribution in [0.2, 0.25) is 5.02 Å². The van der Waals surface area contributed by atoms with E-state index in [9.17, 15) is 18.0 Å². The average Bonchev–Trinajstić information content (AvgIpc) is 2.79. The number of nitrogens with one attached hydrogen (secondary N) is 1. The summed E-state index contributed by atoms with van der Waals surface area (Å²) in [5, 5.41) is 2.78. The number of nitrogens with two attached hydrogens (primary N) is 1. The van der Waals surface area contributed by atoms with Crippen LogP contribution in [0.15, 0.2) is 71.6 Å². The molecule has 32 heavy (non-hydrogen) atoms. The summed E-state index contributed by atoms with van der Waals surface area (Å²) < 4.78 is 27.9. The standard InChI is InChI=1S/C23H20ClN3O4S/c24-21-10-9-19(32(30,31)27-12-11-15-3-1-2-4-17(15)14-27)13-20(21)23(29)26-18-7-5-16(6-8-18)22(25)28/h1-10,13H,11-12,14H2,(H2,25,28)(H,26,29). The maximum absolute atomic E-state index is 13.3. The van der Waals surface area contributed by atoms with Gasteiger partial charge in [-0.1, -0.05) is 35.9 Å². The van der Waals surface area contributed by atoms with E-state index < -0.39 is 21.8 Å². The van der Waals surface area contributed by atoms with E-state index in [2.05, 4.69) is 5.32 Å². The summed E-state index contributed by atoms with van der Waals surface area (Å²) in [6.45, 7) is 0.630. The molecule has 0 radical (unpaired) electrons. The van der Waals surface area contributed by atoms with Crippen LogP contribution in [0.25, 0.3) is 0 Å². The Bertz CT molecular complexity index is 1310. The molecule has 1 aliphatic rings. The second-order valence-corrected chi connectivity index (χ2v) is 9.74. The minimum absolute atomic E-state index is 0.00416. The van der Waals surface area contributed by atoms with Gasteiger partial charge in [0.2, 0.25) is 15.9 Å². The number of fused-ring (bicyclic) bond motifs is 1. The predicted octanol–water partition coefficient (Wildman–Crippen LogP) is 3.44. The fraction of sp³-hybridized carbons (Fsp3) is 0.130. The third kappa shape index (κ3) is 4.38. The quantitative estimate of drug-likeness (QED) is 0.596. The summed E-state index contributed by atoms with van der Waals surface area (Å²) in [6.07, 6.45) is 0.623. The molecule has 0 aromatic heterocycles. The summed E-state index contributed by atoms with van der Waals surface area (Å²) in [5.41, 5.74) is 8.07. The lowest BCUT2D eigenvalue weighted by molar-refractivity contribution is 0.0998. The highest BCUT2D eigenvalue weighted by Gasteiger charge is 2.29. The number of amides is 2. The number of carbonyl (C=O) groups excluding carboxylic acids is 2. The molecule has 0 atom stereocenters. The molecule has 0 fully saturated rings. The van der Waals surface area contributed by atoms with Crippen LogP contribution in [-0.2, 0) is 23.0 Å². The zero-order valence-electron chi connectivity index (χ0n) is 16.9. The van der Waals surface area contributed by atoms with E-state index in [-0.39, 0.29) is 22.0 Å². The summed E-state index contributed by atoms with van der Waals surface area (Å²) in [6, 6.07) is 17.8. The lowest BCUT2D eigenvalue weighted by atomic mass is 10.0. The third-order valence-corrected chi connectivity index (χ3v) is 7.51. The smallest absolute Gasteiger partial charge is 0.257 e. The Labute approximate surface area is 190 Å². The van der Waals surface area contributed by atoms with Gasteiger partial charge in [0, 0.05) is 24.3 Å². The number of nitrogens with zero attached hydrogens (tertiary/aromatic N) is 1. The maximum Gasteiger partial charge on any atom is 0.257 e. The van der Waals surface area contributed by atoms with Crippen molar-refractivity contribution in [2.24, 2.45) is 5.73 Å². The van der Waals surface area contributed by atoms with Crippen molar-refractivity contribution in [2.75, 3.05) is 11.9 Å². The first-order valence-corrected chi connectivity index (χ1v) is 11.7. The fourth-order valence-corrected chi connectivity index (χ4v) is 5.23. The first-order chi connectivity index (χ1) is 15.3. The van der Waals surface area contributed by atoms with Crippen molar-refractivity contribution in [2.45, 2.75) is 17.9 Å². The molecule has 0 saturated heterocycles. The molecule has 0 spiro atoms. The van der Waals surface area contributed by atoms with Crippen molar-refractivity contribution in [3.63, 3.8) is 0 Å². The molecule has 0 bridgehead atoms. The number of rotatable bonds is 5. The van der Waals surface area contributed by atoms with Gasteiger partial charge in [0.05, 0.1) is 15.5 Å². The van der Waals surface area contributed by atoms with E-state index in [1.165, 1.54) is 46.8 Å². The fourth-order valence-electron chi connectivity index (χ4n) is 3.58. The Morgan fingerprint density at radius 3 is 2.34 bits per heavy atom. The zero-order valence-corrected chi connectivity index (χ0v) is 18.5. The van der Waals surface area contributed by atoms with Crippen LogP contribution in [-0.4, -0.2) is 31.1 Å². The molecule has 0 saturated carbocycles. The number of sulfonamides is 1. The predicted molar refractivity (Wildman–Crippen MR) is 122 cm³/mol. The SMILES string of the molecule is NC(=O)c1ccc(NC(=O)c2cc(S(=O)(=O)N3CCc4ccccc4C3)ccc2Cl)cc1. The number of halogens is 1. The van der Waals surface area contributed by atoms with Gasteiger partial charge in [0.25, 0.3) is 5.91 Å². The van der Waals surface area contributed by atoms with E-state index in [0.717, 1.165) is 11.1 Å². The van der Waals surface area contributed by atoms with Gasteiger partial charge in [-0.2, -0.15) is 4.31 Å². The third-order valence-electron chi connectivity index (χ3n) is 5.34. The minimum atomic E-state index is -3.82. The highest BCUT2D eigenvalue weighted by atomic mass is 35.5. The number of hydrogen-bond acceptors (Lipinski definition) is 4. The van der Waals surface area contributed by atoms with Crippen molar-refractivity contribution in [3.8, 4) is 0 Å². The highest BCUT2D eigenvalue weighted by Crippen LogP contribution is 2.28. The number of hydrogen-bond donors (Lipinski definition) is 2. The normalized spacial score (nSPS) is 13.9. The molecule has 3 aromatic carbocycles. The molecule has 4 rings (SSSR count). The lowest BCUT2D eigenvalue weighted by Gasteiger charge is -2.28. The number of primary amides is 1. The largest absolute Gasteiger partial charge is 0.366 e. The van der Waals surface area contributed by atoms with Gasteiger partial charge in [-0.25, -0.2) is 8.42 Å². The van der Waals surface area contributed by atoms with Crippen molar-refractivity contribution >= 4 is 39.1 Å². The van der Waals surface area contributed by atoms with Gasteiger partial charge in [-0.05, 0) is 60.0 Å². The van der Waals surface area contributed by atoms with Gasteiger partial charge < -0.3 is 11.1 Å². The molecule has 0 unspecified atom stereocenters. The average molecular weight is 470 g/mol. The molecule has 3 N–H and O–H groups in total. The van der Waals surface area contributed by atoms with Crippen molar-refractivity contribution in [1.82, 2.24) is 4.31 Å². The monoisotopic (exact) mass is 469 g/mol. The second-order valence-electron chi connectivity index (χ2n) is 7.39. The van der Waals surface area contributed by atoms with Crippen LogP contribution < -0.4 is 11.1 Å². The van der Waals surface area contributed by atoms with Crippen LogP contribution >= 0.6 is 11.6 Å². The zero-order chi connectivity index (χ0) is 22.9. The molecular weight excluding hydrogens is 450 g/mol. The van der Waals surface area contributed by atoms with Gasteiger partial charge in [-0.15, -0.1) is 0 Å². The molecule has 0 aliphatic carbocycles. The van der Waals surface area contributed by atoms with E-state index in [0.29, 0.717) is 24.2 Å². The molecule has 7 nitrogen and oxygen atoms in total. The summed E-state index contributed by atoms with van der Waals surface area (Å²) >= 11 is 6.20. The van der Waals surface area contributed by atoms with E-state index >= 15 is 0 Å². The van der Waals surface area contributed by atoms with Crippen LogP contribution in [0.1, 0.15) is 31.8 Å². The highest BCUT2D eigenvalue weighted by molar-refractivity contribution is 7.89. The Balaban J connectivity index is 1.58. The Morgan fingerprint density at radius 2 is 1.66 bits per heavy atom. The van der Waals surface area contributed by atoms with Gasteiger partial charge in [-0.3, -0.25) is 9.59 Å². The van der Waals surface area contributed by atoms with Gasteiger partial charge >= 0.3 is 0 Å². The molecular formula is C23H20ClN3O4S. The minimum Gasteiger partial charge on any atom is -0.366 e. The lowest BCUT2D eigenvalue weighted by Crippen LogP contribution is -2.36. The summed E-state index contributed by atoms with van der Waals surface area (Å²) in [4.78, 5) is 24.0. The Hall–Kier alpha value is -3.20. The number of carbonyl (C=O) groups is 2. The first-order valence-electron chi connectivity index (χ1n) is 9.83. The summed E-state index contributed by atoms with van der Waals surface area (Å²) in [5.74, 6) is -1.15. The Morgan fingerprint density at radius 1 is 0.969 bits per heavy atom. The molecule has 1 heterocycles. The maximum atomic E-state index is 13.3. The molecule has 1 aliphatic heterocycles. The van der Waals surface area contributed by atoms with E-state index in [1.54, 1.807) is 0 Å². The molecule has 164 valence electrons. The first kappa shape index (κ1) is 22.0. The number of benzene rings is 3. The summed E-state index contributed by atoms with van der Waals surface area (Å²) in [7, 11) is -3.82.